The van der Waals surface area contributed by atoms with E-state index in [1.54, 1.807) is 0 Å². The highest BCUT2D eigenvalue weighted by Gasteiger charge is 2.04. The van der Waals surface area contributed by atoms with Gasteiger partial charge in [0.2, 0.25) is 0 Å². The van der Waals surface area contributed by atoms with Gasteiger partial charge in [0.1, 0.15) is 11.5 Å². The summed E-state index contributed by atoms with van der Waals surface area (Å²) in [5, 5.41) is 4.09. The lowest BCUT2D eigenvalue weighted by Crippen LogP contribution is -3.00. The number of nitrogens with zero attached hydrogens (tertiary/aromatic N) is 1. The van der Waals surface area contributed by atoms with Crippen LogP contribution in [0.5, 0.6) is 0 Å². The topological polar surface area (TPSA) is 28.4 Å². The number of nitrogens with one attached hydrogen (secondary N) is 1. The normalized spacial score (nSPS) is 10.1. The molecule has 3 nitrogen and oxygen atoms in total. The lowest BCUT2D eigenvalue weighted by Gasteiger charge is -2.09. The van der Waals surface area contributed by atoms with Gasteiger partial charge in [0, 0.05) is 23.7 Å². The number of benzene rings is 1. The van der Waals surface area contributed by atoms with E-state index in [4.69, 9.17) is 16.0 Å². The highest BCUT2D eigenvalue weighted by molar-refractivity contribution is 6.30. The molecule has 118 valence electrons. The van der Waals surface area contributed by atoms with E-state index in [1.165, 1.54) is 0 Å². The summed E-state index contributed by atoms with van der Waals surface area (Å²) in [7, 11) is 4.13. The second-order valence-corrected chi connectivity index (χ2v) is 5.19. The fourth-order valence-corrected chi connectivity index (χ4v) is 1.88. The second-order valence-electron chi connectivity index (χ2n) is 4.75. The van der Waals surface area contributed by atoms with Crippen LogP contribution in [-0.2, 0) is 6.54 Å². The van der Waals surface area contributed by atoms with Crippen LogP contribution in [-0.4, -0.2) is 32.1 Å². The van der Waals surface area contributed by atoms with Crippen LogP contribution in [0.2, 0.25) is 5.02 Å². The van der Waals surface area contributed by atoms with Crippen molar-refractivity contribution in [3.8, 4) is 11.3 Å². The van der Waals surface area contributed by atoms with E-state index >= 15 is 0 Å². The Morgan fingerprint density at radius 2 is 1.71 bits per heavy atom. The number of hydrogen-bond donors (Lipinski definition) is 1. The number of halogens is 3. The highest BCUT2D eigenvalue weighted by atomic mass is 35.5. The summed E-state index contributed by atoms with van der Waals surface area (Å²) in [5.41, 5.74) is 1.05. The minimum Gasteiger partial charge on any atom is -1.00 e. The molecule has 0 unspecified atom stereocenters. The molecular formula is C15H19Cl3N2O-2. The molecule has 2 aromatic rings. The SMILES string of the molecule is CN(C)CCNCc1ccc(-c2ccc(Cl)cc2)o1.[Cl-].[Cl-]. The van der Waals surface area contributed by atoms with E-state index in [9.17, 15) is 0 Å². The average molecular weight is 350 g/mol. The zero-order valence-electron chi connectivity index (χ0n) is 12.1. The van der Waals surface area contributed by atoms with Crippen LogP contribution in [0.1, 0.15) is 5.76 Å². The highest BCUT2D eigenvalue weighted by Crippen LogP contribution is 2.23. The van der Waals surface area contributed by atoms with Gasteiger partial charge in [-0.2, -0.15) is 0 Å². The molecule has 0 radical (unpaired) electrons. The Balaban J connectivity index is 0.00000200. The molecule has 6 heteroatoms. The Bertz CT molecular complexity index is 512. The zero-order chi connectivity index (χ0) is 13.7. The Hall–Kier alpha value is -0.710. The van der Waals surface area contributed by atoms with Gasteiger partial charge in [-0.25, -0.2) is 0 Å². The van der Waals surface area contributed by atoms with Crippen molar-refractivity contribution in [2.75, 3.05) is 27.2 Å². The Morgan fingerprint density at radius 1 is 1.05 bits per heavy atom. The van der Waals surface area contributed by atoms with Crippen molar-refractivity contribution >= 4 is 11.6 Å². The van der Waals surface area contributed by atoms with Crippen molar-refractivity contribution < 1.29 is 29.2 Å². The third-order valence-electron chi connectivity index (χ3n) is 2.83. The van der Waals surface area contributed by atoms with Gasteiger partial charge in [-0.3, -0.25) is 0 Å². The summed E-state index contributed by atoms with van der Waals surface area (Å²) >= 11 is 5.87. The first-order valence-electron chi connectivity index (χ1n) is 6.35. The molecule has 1 aromatic carbocycles. The third kappa shape index (κ3) is 6.72. The van der Waals surface area contributed by atoms with Crippen molar-refractivity contribution in [2.45, 2.75) is 6.54 Å². The summed E-state index contributed by atoms with van der Waals surface area (Å²) < 4.78 is 5.80. The molecule has 0 aliphatic rings. The first kappa shape index (κ1) is 20.3. The molecule has 0 amide bonds. The zero-order valence-corrected chi connectivity index (χ0v) is 14.3. The van der Waals surface area contributed by atoms with Crippen molar-refractivity contribution in [1.82, 2.24) is 10.2 Å². The van der Waals surface area contributed by atoms with Gasteiger partial charge in [0.15, 0.2) is 0 Å². The maximum Gasteiger partial charge on any atom is 0.134 e. The van der Waals surface area contributed by atoms with E-state index in [-0.39, 0.29) is 24.8 Å². The van der Waals surface area contributed by atoms with Gasteiger partial charge in [-0.1, -0.05) is 11.6 Å². The molecule has 0 aliphatic carbocycles. The fraction of sp³-hybridized carbons (Fsp3) is 0.333. The predicted molar refractivity (Wildman–Crippen MR) is 79.4 cm³/mol. The van der Waals surface area contributed by atoms with Crippen molar-refractivity contribution in [1.29, 1.82) is 0 Å². The van der Waals surface area contributed by atoms with Gasteiger partial charge in [0.25, 0.3) is 0 Å². The molecule has 1 N–H and O–H groups in total. The van der Waals surface area contributed by atoms with Crippen LogP contribution >= 0.6 is 11.6 Å². The summed E-state index contributed by atoms with van der Waals surface area (Å²) in [5.74, 6) is 1.82. The molecular weight excluding hydrogens is 331 g/mol. The summed E-state index contributed by atoms with van der Waals surface area (Å²) in [4.78, 5) is 2.15. The summed E-state index contributed by atoms with van der Waals surface area (Å²) in [6.45, 7) is 2.72. The van der Waals surface area contributed by atoms with Crippen LogP contribution in [0.4, 0.5) is 0 Å². The molecule has 1 heterocycles. The third-order valence-corrected chi connectivity index (χ3v) is 3.08. The quantitative estimate of drug-likeness (QED) is 0.574. The van der Waals surface area contributed by atoms with E-state index < -0.39 is 0 Å². The average Bonchev–Trinajstić information content (AvgIpc) is 2.84. The maximum atomic E-state index is 5.87. The number of hydrogen-bond acceptors (Lipinski definition) is 3. The van der Waals surface area contributed by atoms with Crippen LogP contribution in [0.25, 0.3) is 11.3 Å². The summed E-state index contributed by atoms with van der Waals surface area (Å²) in [6, 6.07) is 11.7. The van der Waals surface area contributed by atoms with Gasteiger partial charge in [-0.15, -0.1) is 0 Å². The summed E-state index contributed by atoms with van der Waals surface area (Å²) in [6.07, 6.45) is 0. The molecule has 0 aliphatic heterocycles. The van der Waals surface area contributed by atoms with Gasteiger partial charge in [-0.05, 0) is 50.5 Å². The predicted octanol–water partition coefficient (Wildman–Crippen LogP) is -2.74. The Kier molecular flexibility index (Phi) is 9.75. The minimum atomic E-state index is 0. The number of rotatable bonds is 6. The lowest BCUT2D eigenvalue weighted by atomic mass is 10.2. The molecule has 21 heavy (non-hydrogen) atoms. The van der Waals surface area contributed by atoms with Crippen LogP contribution in [0.3, 0.4) is 0 Å². The molecule has 1 aromatic heterocycles. The Morgan fingerprint density at radius 3 is 2.33 bits per heavy atom. The molecule has 0 bridgehead atoms. The van der Waals surface area contributed by atoms with Crippen molar-refractivity contribution in [3.63, 3.8) is 0 Å². The monoisotopic (exact) mass is 348 g/mol. The van der Waals surface area contributed by atoms with Crippen LogP contribution < -0.4 is 30.1 Å². The number of likely N-dealkylation sites (N-methyl/N-ethyl adjacent to an activating group) is 1. The van der Waals surface area contributed by atoms with Gasteiger partial charge < -0.3 is 39.4 Å². The first-order valence-corrected chi connectivity index (χ1v) is 6.73. The molecule has 0 atom stereocenters. The molecule has 0 spiro atoms. The fourth-order valence-electron chi connectivity index (χ4n) is 1.76. The second kappa shape index (κ2) is 10.1. The number of furan rings is 1. The Labute approximate surface area is 143 Å². The molecule has 0 saturated heterocycles. The minimum absolute atomic E-state index is 0. The lowest BCUT2D eigenvalue weighted by molar-refractivity contribution is -0.001000. The smallest absolute Gasteiger partial charge is 0.134 e. The van der Waals surface area contributed by atoms with E-state index in [1.807, 2.05) is 36.4 Å². The molecule has 2 rings (SSSR count). The largest absolute Gasteiger partial charge is 1.00 e. The van der Waals surface area contributed by atoms with Gasteiger partial charge in [0.05, 0.1) is 6.54 Å². The van der Waals surface area contributed by atoms with E-state index in [2.05, 4.69) is 24.3 Å². The maximum absolute atomic E-state index is 5.87. The van der Waals surface area contributed by atoms with Crippen LogP contribution in [0, 0.1) is 0 Å². The van der Waals surface area contributed by atoms with Crippen molar-refractivity contribution in [2.24, 2.45) is 0 Å². The van der Waals surface area contributed by atoms with E-state index in [0.29, 0.717) is 0 Å². The van der Waals surface area contributed by atoms with Crippen molar-refractivity contribution in [3.05, 3.63) is 47.2 Å². The standard InChI is InChI=1S/C15H19ClN2O.2ClH/c1-18(2)10-9-17-11-14-7-8-15(19-14)12-3-5-13(16)6-4-12;;/h3-8,17H,9-11H2,1-2H3;2*1H/p-2. The van der Waals surface area contributed by atoms with E-state index in [0.717, 1.165) is 41.7 Å². The first-order chi connectivity index (χ1) is 9.15. The van der Waals surface area contributed by atoms with Crippen LogP contribution in [0.15, 0.2) is 40.8 Å². The molecule has 0 fully saturated rings. The van der Waals surface area contributed by atoms with Gasteiger partial charge >= 0.3 is 0 Å². The molecule has 0 saturated carbocycles.